The second-order valence-electron chi connectivity index (χ2n) is 6.54. The molecule has 0 unspecified atom stereocenters. The highest BCUT2D eigenvalue weighted by molar-refractivity contribution is 5.97. The van der Waals surface area contributed by atoms with E-state index in [1.54, 1.807) is 44.4 Å². The van der Waals surface area contributed by atoms with Crippen molar-refractivity contribution >= 4 is 17.5 Å². The normalized spacial score (nSPS) is 12.5. The molecule has 28 heavy (non-hydrogen) atoms. The maximum absolute atomic E-state index is 12.6. The number of amides is 2. The summed E-state index contributed by atoms with van der Waals surface area (Å²) in [6.07, 6.45) is 0.662. The van der Waals surface area contributed by atoms with E-state index >= 15 is 0 Å². The van der Waals surface area contributed by atoms with Crippen LogP contribution in [0.4, 0.5) is 5.69 Å². The zero-order valence-corrected chi connectivity index (χ0v) is 16.2. The van der Waals surface area contributed by atoms with E-state index in [9.17, 15) is 9.59 Å². The summed E-state index contributed by atoms with van der Waals surface area (Å²) in [7, 11) is 3.39. The smallest absolute Gasteiger partial charge is 0.254 e. The molecule has 6 nitrogen and oxygen atoms in total. The highest BCUT2D eigenvalue weighted by Crippen LogP contribution is 2.28. The average molecular weight is 378 g/mol. The molecule has 2 aromatic carbocycles. The third kappa shape index (κ3) is 4.26. The maximum atomic E-state index is 12.6. The third-order valence-electron chi connectivity index (χ3n) is 4.12. The molecule has 0 saturated heterocycles. The second kappa shape index (κ2) is 8.49. The van der Waals surface area contributed by atoms with E-state index in [0.29, 0.717) is 53.5 Å². The van der Waals surface area contributed by atoms with E-state index in [0.717, 1.165) is 0 Å². The first kappa shape index (κ1) is 19.3. The fraction of sp³-hybridized carbons (Fsp3) is 0.273. The van der Waals surface area contributed by atoms with Crippen molar-refractivity contribution in [2.24, 2.45) is 0 Å². The van der Waals surface area contributed by atoms with Crippen molar-refractivity contribution in [1.82, 2.24) is 4.90 Å². The summed E-state index contributed by atoms with van der Waals surface area (Å²) in [5.41, 5.74) is 2.12. The largest absolute Gasteiger partial charge is 0.492 e. The number of benzene rings is 2. The van der Waals surface area contributed by atoms with Gasteiger partial charge in [-0.05, 0) is 24.3 Å². The van der Waals surface area contributed by atoms with Crippen molar-refractivity contribution in [2.75, 3.05) is 32.6 Å². The van der Waals surface area contributed by atoms with E-state index in [-0.39, 0.29) is 11.8 Å². The SMILES string of the molecule is CC(=O)Nc1cccc2c1C#Cc1c(cccc1C(=O)N(C)C)OCCCO2. The molecule has 0 bridgehead atoms. The highest BCUT2D eigenvalue weighted by Gasteiger charge is 2.17. The number of hydrogen-bond donors (Lipinski definition) is 1. The maximum Gasteiger partial charge on any atom is 0.254 e. The average Bonchev–Trinajstić information content (AvgIpc) is 2.70. The predicted octanol–water partition coefficient (Wildman–Crippen LogP) is 2.91. The Labute approximate surface area is 164 Å². The number of rotatable bonds is 2. The van der Waals surface area contributed by atoms with Gasteiger partial charge in [-0.25, -0.2) is 0 Å². The van der Waals surface area contributed by atoms with Crippen LogP contribution in [0.15, 0.2) is 36.4 Å². The highest BCUT2D eigenvalue weighted by atomic mass is 16.5. The Morgan fingerprint density at radius 2 is 1.57 bits per heavy atom. The van der Waals surface area contributed by atoms with Crippen LogP contribution in [-0.2, 0) is 4.79 Å². The van der Waals surface area contributed by atoms with Crippen LogP contribution in [0.2, 0.25) is 0 Å². The molecule has 0 spiro atoms. The van der Waals surface area contributed by atoms with E-state index < -0.39 is 0 Å². The van der Waals surface area contributed by atoms with Gasteiger partial charge in [-0.3, -0.25) is 9.59 Å². The molecule has 144 valence electrons. The minimum Gasteiger partial charge on any atom is -0.492 e. The minimum atomic E-state index is -0.197. The van der Waals surface area contributed by atoms with Crippen LogP contribution in [0.25, 0.3) is 0 Å². The first-order valence-corrected chi connectivity index (χ1v) is 9.00. The summed E-state index contributed by atoms with van der Waals surface area (Å²) in [6.45, 7) is 2.33. The Morgan fingerprint density at radius 1 is 0.964 bits per heavy atom. The molecule has 0 fully saturated rings. The molecule has 0 aliphatic carbocycles. The van der Waals surface area contributed by atoms with Crippen molar-refractivity contribution in [2.45, 2.75) is 13.3 Å². The van der Waals surface area contributed by atoms with Gasteiger partial charge >= 0.3 is 0 Å². The Bertz CT molecular complexity index is 970. The van der Waals surface area contributed by atoms with Gasteiger partial charge in [0, 0.05) is 27.4 Å². The molecule has 2 amide bonds. The number of fused-ring (bicyclic) bond motifs is 2. The molecule has 6 heteroatoms. The van der Waals surface area contributed by atoms with Gasteiger partial charge in [-0.1, -0.05) is 24.0 Å². The standard InChI is InChI=1S/C22H22N2O4/c1-15(25)23-19-8-5-10-21-18(19)12-11-16-17(22(26)24(2)3)7-4-9-20(16)27-13-6-14-28-21/h4-5,7-10H,6,13-14H2,1-3H3,(H,23,25). The van der Waals surface area contributed by atoms with Crippen molar-refractivity contribution in [1.29, 1.82) is 0 Å². The molecule has 2 aromatic rings. The van der Waals surface area contributed by atoms with Crippen LogP contribution >= 0.6 is 0 Å². The predicted molar refractivity (Wildman–Crippen MR) is 107 cm³/mol. The van der Waals surface area contributed by atoms with Crippen molar-refractivity contribution in [3.05, 3.63) is 53.1 Å². The second-order valence-corrected chi connectivity index (χ2v) is 6.54. The topological polar surface area (TPSA) is 67.9 Å². The van der Waals surface area contributed by atoms with Crippen LogP contribution < -0.4 is 14.8 Å². The number of nitrogens with one attached hydrogen (secondary N) is 1. The molecule has 1 N–H and O–H groups in total. The number of ether oxygens (including phenoxy) is 2. The Hall–Kier alpha value is -3.46. The molecular weight excluding hydrogens is 356 g/mol. The molecule has 0 radical (unpaired) electrons. The van der Waals surface area contributed by atoms with Crippen LogP contribution in [-0.4, -0.2) is 44.0 Å². The molecule has 0 aromatic heterocycles. The molecule has 1 aliphatic rings. The summed E-state index contributed by atoms with van der Waals surface area (Å²) in [6, 6.07) is 10.7. The summed E-state index contributed by atoms with van der Waals surface area (Å²) in [5.74, 6) is 6.95. The number of nitrogens with zero attached hydrogens (tertiary/aromatic N) is 1. The van der Waals surface area contributed by atoms with Gasteiger partial charge in [0.2, 0.25) is 5.91 Å². The molecule has 3 rings (SSSR count). The lowest BCUT2D eigenvalue weighted by atomic mass is 10.0. The van der Waals surface area contributed by atoms with Crippen LogP contribution in [0.1, 0.15) is 34.8 Å². The molecular formula is C22H22N2O4. The van der Waals surface area contributed by atoms with Gasteiger partial charge in [0.1, 0.15) is 11.5 Å². The van der Waals surface area contributed by atoms with Gasteiger partial charge in [0.05, 0.1) is 35.6 Å². The number of anilines is 1. The van der Waals surface area contributed by atoms with Gasteiger partial charge in [0.15, 0.2) is 0 Å². The quantitative estimate of drug-likeness (QED) is 0.816. The van der Waals surface area contributed by atoms with Gasteiger partial charge in [0.25, 0.3) is 5.91 Å². The monoisotopic (exact) mass is 378 g/mol. The van der Waals surface area contributed by atoms with Crippen molar-refractivity contribution in [3.8, 4) is 23.3 Å². The van der Waals surface area contributed by atoms with Crippen LogP contribution in [0, 0.1) is 11.8 Å². The molecule has 0 saturated carbocycles. The Morgan fingerprint density at radius 3 is 2.21 bits per heavy atom. The number of carbonyl (C=O) groups is 2. The number of carbonyl (C=O) groups excluding carboxylic acids is 2. The third-order valence-corrected chi connectivity index (χ3v) is 4.12. The lowest BCUT2D eigenvalue weighted by molar-refractivity contribution is -0.114. The van der Waals surface area contributed by atoms with Crippen molar-refractivity contribution in [3.63, 3.8) is 0 Å². The van der Waals surface area contributed by atoms with Gasteiger partial charge in [-0.15, -0.1) is 0 Å². The fourth-order valence-electron chi connectivity index (χ4n) is 2.82. The molecule has 1 aliphatic heterocycles. The van der Waals surface area contributed by atoms with Gasteiger partial charge < -0.3 is 19.7 Å². The lowest BCUT2D eigenvalue weighted by Crippen LogP contribution is -2.22. The van der Waals surface area contributed by atoms with Gasteiger partial charge in [-0.2, -0.15) is 0 Å². The van der Waals surface area contributed by atoms with E-state index in [1.807, 2.05) is 6.07 Å². The zero-order chi connectivity index (χ0) is 20.1. The fourth-order valence-corrected chi connectivity index (χ4v) is 2.82. The van der Waals surface area contributed by atoms with Crippen molar-refractivity contribution < 1.29 is 19.1 Å². The Balaban J connectivity index is 2.19. The van der Waals surface area contributed by atoms with E-state index in [1.165, 1.54) is 11.8 Å². The van der Waals surface area contributed by atoms with Crippen LogP contribution in [0.5, 0.6) is 11.5 Å². The van der Waals surface area contributed by atoms with Crippen LogP contribution in [0.3, 0.4) is 0 Å². The summed E-state index contributed by atoms with van der Waals surface area (Å²) in [5, 5.41) is 2.78. The zero-order valence-electron chi connectivity index (χ0n) is 16.2. The van der Waals surface area contributed by atoms with E-state index in [4.69, 9.17) is 9.47 Å². The summed E-state index contributed by atoms with van der Waals surface area (Å²) < 4.78 is 11.7. The summed E-state index contributed by atoms with van der Waals surface area (Å²) >= 11 is 0. The van der Waals surface area contributed by atoms with E-state index in [2.05, 4.69) is 17.2 Å². The Kier molecular flexibility index (Phi) is 5.85. The molecule has 0 atom stereocenters. The lowest BCUT2D eigenvalue weighted by Gasteiger charge is -2.14. The number of hydrogen-bond acceptors (Lipinski definition) is 4. The first-order valence-electron chi connectivity index (χ1n) is 9.00. The molecule has 1 heterocycles. The summed E-state index contributed by atoms with van der Waals surface area (Å²) in [4.78, 5) is 25.7. The minimum absolute atomic E-state index is 0.156. The first-order chi connectivity index (χ1) is 13.5.